The Hall–Kier alpha value is -1.65. The number of para-hydroxylation sites is 2. The topological polar surface area (TPSA) is 36.4 Å². The van der Waals surface area contributed by atoms with Crippen molar-refractivity contribution in [3.05, 3.63) is 53.6 Å². The minimum atomic E-state index is -0.109. The molecule has 2 aliphatic heterocycles. The van der Waals surface area contributed by atoms with Crippen LogP contribution in [0.25, 0.3) is 0 Å². The molecule has 1 spiro atoms. The normalized spacial score (nSPS) is 18.7. The van der Waals surface area contributed by atoms with Gasteiger partial charge in [0.2, 0.25) is 0 Å². The highest BCUT2D eigenvalue weighted by molar-refractivity contribution is 7.99. The molecule has 0 amide bonds. The number of thioether (sulfide) groups is 1. The molecule has 2 aromatic rings. The minimum Gasteiger partial charge on any atom is -0.371 e. The van der Waals surface area contributed by atoms with E-state index in [0.717, 1.165) is 52.3 Å². The van der Waals surface area contributed by atoms with Crippen LogP contribution in [0.1, 0.15) is 12.8 Å². The van der Waals surface area contributed by atoms with Crippen molar-refractivity contribution in [2.45, 2.75) is 18.4 Å². The van der Waals surface area contributed by atoms with Gasteiger partial charge < -0.3 is 10.6 Å². The SMILES string of the molecule is Clc1cccc(NC2=Nc3ccccc3NC23CCSCC3)c1. The summed E-state index contributed by atoms with van der Waals surface area (Å²) in [6, 6.07) is 16.0. The van der Waals surface area contributed by atoms with Gasteiger partial charge in [-0.05, 0) is 54.7 Å². The molecule has 5 heteroatoms. The molecular weight excluding hydrogens is 326 g/mol. The zero-order valence-electron chi connectivity index (χ0n) is 12.7. The number of anilines is 2. The fraction of sp³-hybridized carbons (Fsp3) is 0.278. The standard InChI is InChI=1S/C18H18ClN3S/c19-13-4-3-5-14(12-13)20-17-18(8-10-23-11-9-18)22-16-7-2-1-6-15(16)21-17/h1-7,12,22H,8-11H2,(H,20,21). The highest BCUT2D eigenvalue weighted by atomic mass is 35.5. The second-order valence-corrected chi connectivity index (χ2v) is 7.59. The van der Waals surface area contributed by atoms with Crippen LogP contribution < -0.4 is 10.6 Å². The summed E-state index contributed by atoms with van der Waals surface area (Å²) < 4.78 is 0. The Kier molecular flexibility index (Phi) is 3.95. The molecule has 0 unspecified atom stereocenters. The molecule has 0 aliphatic carbocycles. The lowest BCUT2D eigenvalue weighted by atomic mass is 9.88. The first-order valence-electron chi connectivity index (χ1n) is 7.82. The van der Waals surface area contributed by atoms with Gasteiger partial charge >= 0.3 is 0 Å². The fourth-order valence-corrected chi connectivity index (χ4v) is 4.53. The molecule has 4 rings (SSSR count). The van der Waals surface area contributed by atoms with E-state index in [2.05, 4.69) is 22.8 Å². The first-order chi connectivity index (χ1) is 11.3. The Morgan fingerprint density at radius 3 is 2.74 bits per heavy atom. The number of hydrogen-bond donors (Lipinski definition) is 2. The lowest BCUT2D eigenvalue weighted by molar-refractivity contribution is 0.562. The molecule has 1 fully saturated rings. The largest absolute Gasteiger partial charge is 0.371 e. The van der Waals surface area contributed by atoms with Crippen molar-refractivity contribution in [3.63, 3.8) is 0 Å². The maximum absolute atomic E-state index is 6.12. The van der Waals surface area contributed by atoms with Crippen molar-refractivity contribution < 1.29 is 0 Å². The molecule has 2 N–H and O–H groups in total. The summed E-state index contributed by atoms with van der Waals surface area (Å²) in [5.41, 5.74) is 2.98. The summed E-state index contributed by atoms with van der Waals surface area (Å²) in [6.45, 7) is 0. The van der Waals surface area contributed by atoms with Gasteiger partial charge in [-0.25, -0.2) is 4.99 Å². The molecular formula is C18H18ClN3S. The number of hydrogen-bond acceptors (Lipinski definition) is 4. The molecule has 0 atom stereocenters. The van der Waals surface area contributed by atoms with E-state index in [9.17, 15) is 0 Å². The van der Waals surface area contributed by atoms with E-state index in [1.54, 1.807) is 0 Å². The molecule has 2 heterocycles. The third kappa shape index (κ3) is 2.93. The van der Waals surface area contributed by atoms with E-state index in [1.807, 2.05) is 48.2 Å². The second-order valence-electron chi connectivity index (χ2n) is 5.93. The number of fused-ring (bicyclic) bond motifs is 1. The number of benzene rings is 2. The maximum Gasteiger partial charge on any atom is 0.133 e. The van der Waals surface area contributed by atoms with Crippen molar-refractivity contribution in [3.8, 4) is 0 Å². The molecule has 23 heavy (non-hydrogen) atoms. The van der Waals surface area contributed by atoms with Gasteiger partial charge in [-0.15, -0.1) is 0 Å². The van der Waals surface area contributed by atoms with E-state index < -0.39 is 0 Å². The Morgan fingerprint density at radius 1 is 1.09 bits per heavy atom. The van der Waals surface area contributed by atoms with Crippen molar-refractivity contribution in [1.82, 2.24) is 0 Å². The first-order valence-corrected chi connectivity index (χ1v) is 9.35. The van der Waals surface area contributed by atoms with E-state index in [4.69, 9.17) is 16.6 Å². The summed E-state index contributed by atoms with van der Waals surface area (Å²) in [5.74, 6) is 3.29. The fourth-order valence-electron chi connectivity index (χ4n) is 3.15. The lowest BCUT2D eigenvalue weighted by Crippen LogP contribution is -2.53. The van der Waals surface area contributed by atoms with Crippen molar-refractivity contribution in [1.29, 1.82) is 0 Å². The average molecular weight is 344 g/mol. The van der Waals surface area contributed by atoms with Gasteiger partial charge in [0.15, 0.2) is 0 Å². The predicted molar refractivity (Wildman–Crippen MR) is 102 cm³/mol. The molecule has 0 bridgehead atoms. The van der Waals surface area contributed by atoms with Gasteiger partial charge in [0, 0.05) is 10.7 Å². The van der Waals surface area contributed by atoms with Gasteiger partial charge in [-0.3, -0.25) is 0 Å². The van der Waals surface area contributed by atoms with Crippen molar-refractivity contribution >= 4 is 46.3 Å². The van der Waals surface area contributed by atoms with Crippen LogP contribution in [0, 0.1) is 0 Å². The minimum absolute atomic E-state index is 0.109. The van der Waals surface area contributed by atoms with Crippen molar-refractivity contribution in [2.75, 3.05) is 22.1 Å². The van der Waals surface area contributed by atoms with Crippen LogP contribution in [0.4, 0.5) is 17.1 Å². The molecule has 2 aromatic carbocycles. The van der Waals surface area contributed by atoms with Crippen LogP contribution in [0.2, 0.25) is 5.02 Å². The number of nitrogens with zero attached hydrogens (tertiary/aromatic N) is 1. The van der Waals surface area contributed by atoms with E-state index in [-0.39, 0.29) is 5.54 Å². The van der Waals surface area contributed by atoms with E-state index in [0.29, 0.717) is 0 Å². The summed E-state index contributed by atoms with van der Waals surface area (Å²) in [7, 11) is 0. The Balaban J connectivity index is 1.74. The monoisotopic (exact) mass is 343 g/mol. The van der Waals surface area contributed by atoms with Gasteiger partial charge in [-0.2, -0.15) is 11.8 Å². The average Bonchev–Trinajstić information content (AvgIpc) is 2.56. The summed E-state index contributed by atoms with van der Waals surface area (Å²) in [5, 5.41) is 8.00. The number of aliphatic imine (C=N–C) groups is 1. The smallest absolute Gasteiger partial charge is 0.133 e. The molecule has 0 aromatic heterocycles. The first kappa shape index (κ1) is 14.9. The number of amidine groups is 1. The van der Waals surface area contributed by atoms with Crippen LogP contribution in [-0.2, 0) is 0 Å². The second kappa shape index (κ2) is 6.10. The van der Waals surface area contributed by atoms with Crippen LogP contribution in [0.15, 0.2) is 53.5 Å². The van der Waals surface area contributed by atoms with Crippen LogP contribution in [0.5, 0.6) is 0 Å². The molecule has 0 radical (unpaired) electrons. The third-order valence-electron chi connectivity index (χ3n) is 4.40. The maximum atomic E-state index is 6.12. The molecule has 2 aliphatic rings. The Labute approximate surface area is 145 Å². The highest BCUT2D eigenvalue weighted by Crippen LogP contribution is 2.40. The summed E-state index contributed by atoms with van der Waals surface area (Å²) in [4.78, 5) is 4.94. The molecule has 3 nitrogen and oxygen atoms in total. The van der Waals surface area contributed by atoms with E-state index >= 15 is 0 Å². The van der Waals surface area contributed by atoms with Gasteiger partial charge in [0.25, 0.3) is 0 Å². The predicted octanol–water partition coefficient (Wildman–Crippen LogP) is 5.17. The zero-order chi connectivity index (χ0) is 15.7. The van der Waals surface area contributed by atoms with Gasteiger partial charge in [0.05, 0.1) is 16.9 Å². The molecule has 1 saturated heterocycles. The number of nitrogens with one attached hydrogen (secondary N) is 2. The van der Waals surface area contributed by atoms with Gasteiger partial charge in [0.1, 0.15) is 5.84 Å². The lowest BCUT2D eigenvalue weighted by Gasteiger charge is -2.42. The summed E-state index contributed by atoms with van der Waals surface area (Å²) in [6.07, 6.45) is 2.14. The quantitative estimate of drug-likeness (QED) is 0.749. The summed E-state index contributed by atoms with van der Waals surface area (Å²) >= 11 is 8.13. The van der Waals surface area contributed by atoms with Crippen molar-refractivity contribution in [2.24, 2.45) is 4.99 Å². The van der Waals surface area contributed by atoms with Crippen LogP contribution in [-0.4, -0.2) is 22.9 Å². The molecule has 118 valence electrons. The third-order valence-corrected chi connectivity index (χ3v) is 5.62. The number of rotatable bonds is 1. The molecule has 0 saturated carbocycles. The highest BCUT2D eigenvalue weighted by Gasteiger charge is 2.40. The van der Waals surface area contributed by atoms with Crippen LogP contribution >= 0.6 is 23.4 Å². The zero-order valence-corrected chi connectivity index (χ0v) is 14.3. The van der Waals surface area contributed by atoms with Crippen LogP contribution in [0.3, 0.4) is 0 Å². The van der Waals surface area contributed by atoms with Gasteiger partial charge in [-0.1, -0.05) is 29.8 Å². The Bertz CT molecular complexity index is 753. The van der Waals surface area contributed by atoms with E-state index in [1.165, 1.54) is 0 Å². The Morgan fingerprint density at radius 2 is 1.91 bits per heavy atom. The number of halogens is 1.